The predicted octanol–water partition coefficient (Wildman–Crippen LogP) is -0.502. The zero-order valence-corrected chi connectivity index (χ0v) is 6.75. The molecule has 0 aliphatic carbocycles. The van der Waals surface area contributed by atoms with E-state index >= 15 is 0 Å². The molecule has 0 heterocycles. The fourth-order valence-corrected chi connectivity index (χ4v) is 0.284. The van der Waals surface area contributed by atoms with Crippen molar-refractivity contribution in [3.05, 3.63) is 0 Å². The lowest BCUT2D eigenvalue weighted by molar-refractivity contribution is 0.277. The Kier molecular flexibility index (Phi) is 20.3. The molecule has 0 bridgehead atoms. The number of rotatable bonds is 3. The number of aliphatic hydroxyl groups excluding tert-OH is 1. The third-order valence-corrected chi connectivity index (χ3v) is 0.803. The lowest BCUT2D eigenvalue weighted by Gasteiger charge is -2.02. The summed E-state index contributed by atoms with van der Waals surface area (Å²) in [6.07, 6.45) is 0.608. The number of hydrogen-bond acceptors (Lipinski definition) is 3. The van der Waals surface area contributed by atoms with Gasteiger partial charge in [-0.2, -0.15) is 0 Å². The van der Waals surface area contributed by atoms with Crippen LogP contribution in [-0.4, -0.2) is 24.3 Å². The van der Waals surface area contributed by atoms with Gasteiger partial charge in [-0.3, -0.25) is 0 Å². The van der Waals surface area contributed by atoms with Crippen LogP contribution in [0.5, 0.6) is 0 Å². The van der Waals surface area contributed by atoms with Crippen LogP contribution in [0.2, 0.25) is 0 Å². The number of aliphatic hydroxyl groups is 1. The van der Waals surface area contributed by atoms with E-state index in [-0.39, 0.29) is 37.5 Å². The highest BCUT2D eigenvalue weighted by atomic mass is 35.5. The summed E-state index contributed by atoms with van der Waals surface area (Å²) in [4.78, 5) is 0. The summed E-state index contributed by atoms with van der Waals surface area (Å²) in [6.45, 7) is 0.596. The van der Waals surface area contributed by atoms with Crippen molar-refractivity contribution in [3.63, 3.8) is 0 Å². The van der Waals surface area contributed by atoms with E-state index in [2.05, 4.69) is 0 Å². The first-order chi connectivity index (χ1) is 3.31. The summed E-state index contributed by atoms with van der Waals surface area (Å²) in [7, 11) is 0. The third-order valence-electron chi connectivity index (χ3n) is 0.803. The van der Waals surface area contributed by atoms with Gasteiger partial charge in [-0.1, -0.05) is 0 Å². The maximum atomic E-state index is 8.23. The van der Waals surface area contributed by atoms with Gasteiger partial charge < -0.3 is 16.6 Å². The molecule has 0 rings (SSSR count). The smallest absolute Gasteiger partial charge is 0.0446 e. The second-order valence-electron chi connectivity index (χ2n) is 1.51. The second-order valence-corrected chi connectivity index (χ2v) is 1.51. The van der Waals surface area contributed by atoms with Crippen LogP contribution in [0.1, 0.15) is 6.42 Å². The van der Waals surface area contributed by atoms with Crippen molar-refractivity contribution in [2.45, 2.75) is 12.5 Å². The zero-order chi connectivity index (χ0) is 5.70. The molecule has 60 valence electrons. The maximum absolute atomic E-state index is 8.23. The highest BCUT2D eigenvalue weighted by molar-refractivity contribution is 5.85. The van der Waals surface area contributed by atoms with Crippen molar-refractivity contribution < 1.29 is 5.11 Å². The summed E-state index contributed by atoms with van der Waals surface area (Å²) in [5, 5.41) is 8.23. The molecule has 0 aromatic heterocycles. The van der Waals surface area contributed by atoms with Gasteiger partial charge in [0.2, 0.25) is 0 Å². The van der Waals surface area contributed by atoms with Gasteiger partial charge in [-0.25, -0.2) is 0 Å². The minimum atomic E-state index is -0.0231. The molecule has 1 atom stereocenters. The van der Waals surface area contributed by atoms with E-state index in [4.69, 9.17) is 16.6 Å². The molecule has 0 aromatic rings. The van der Waals surface area contributed by atoms with Gasteiger partial charge in [0.25, 0.3) is 0 Å². The van der Waals surface area contributed by atoms with Gasteiger partial charge in [0.1, 0.15) is 0 Å². The SMILES string of the molecule is Cl.Cl.NC[C@H](N)CCO. The number of hydrogen-bond donors (Lipinski definition) is 3. The summed E-state index contributed by atoms with van der Waals surface area (Å²) < 4.78 is 0. The maximum Gasteiger partial charge on any atom is 0.0446 e. The van der Waals surface area contributed by atoms with Crippen molar-refractivity contribution in [1.29, 1.82) is 0 Å². The number of nitrogens with two attached hydrogens (primary N) is 2. The van der Waals surface area contributed by atoms with Crippen LogP contribution in [0.15, 0.2) is 0 Å². The van der Waals surface area contributed by atoms with Crippen LogP contribution in [-0.2, 0) is 0 Å². The molecule has 0 aliphatic heterocycles. The lowest BCUT2D eigenvalue weighted by atomic mass is 10.2. The lowest BCUT2D eigenvalue weighted by Crippen LogP contribution is -2.30. The Morgan fingerprint density at radius 1 is 1.33 bits per heavy atom. The van der Waals surface area contributed by atoms with E-state index in [9.17, 15) is 0 Å². The van der Waals surface area contributed by atoms with Crippen LogP contribution in [0, 0.1) is 0 Å². The molecular formula is C4H14Cl2N2O. The van der Waals surface area contributed by atoms with E-state index in [0.29, 0.717) is 13.0 Å². The molecule has 0 amide bonds. The van der Waals surface area contributed by atoms with Crippen LogP contribution in [0.25, 0.3) is 0 Å². The van der Waals surface area contributed by atoms with Gasteiger partial charge in [-0.15, -0.1) is 24.8 Å². The Morgan fingerprint density at radius 2 is 1.78 bits per heavy atom. The van der Waals surface area contributed by atoms with E-state index in [1.807, 2.05) is 0 Å². The molecule has 0 spiro atoms. The van der Waals surface area contributed by atoms with E-state index in [0.717, 1.165) is 0 Å². The normalized spacial score (nSPS) is 11.0. The second kappa shape index (κ2) is 11.3. The zero-order valence-electron chi connectivity index (χ0n) is 5.12. The van der Waals surface area contributed by atoms with Crippen LogP contribution in [0.3, 0.4) is 0 Å². The Labute approximate surface area is 67.6 Å². The average molecular weight is 177 g/mol. The molecule has 0 unspecified atom stereocenters. The first-order valence-electron chi connectivity index (χ1n) is 2.37. The quantitative estimate of drug-likeness (QED) is 0.544. The average Bonchev–Trinajstić information content (AvgIpc) is 1.68. The van der Waals surface area contributed by atoms with Crippen LogP contribution < -0.4 is 11.5 Å². The van der Waals surface area contributed by atoms with Crippen molar-refractivity contribution in [2.24, 2.45) is 11.5 Å². The largest absolute Gasteiger partial charge is 0.396 e. The minimum Gasteiger partial charge on any atom is -0.396 e. The summed E-state index contributed by atoms with van der Waals surface area (Å²) >= 11 is 0. The monoisotopic (exact) mass is 176 g/mol. The molecule has 3 nitrogen and oxygen atoms in total. The molecule has 0 aromatic carbocycles. The summed E-state index contributed by atoms with van der Waals surface area (Å²) in [5.41, 5.74) is 10.4. The summed E-state index contributed by atoms with van der Waals surface area (Å²) in [5.74, 6) is 0. The first-order valence-corrected chi connectivity index (χ1v) is 2.37. The van der Waals surface area contributed by atoms with Crippen molar-refractivity contribution in [2.75, 3.05) is 13.2 Å². The van der Waals surface area contributed by atoms with Crippen LogP contribution in [0.4, 0.5) is 0 Å². The first kappa shape index (κ1) is 16.2. The van der Waals surface area contributed by atoms with Gasteiger partial charge in [0.15, 0.2) is 0 Å². The number of halogens is 2. The van der Waals surface area contributed by atoms with E-state index in [1.165, 1.54) is 0 Å². The van der Waals surface area contributed by atoms with Crippen molar-refractivity contribution in [1.82, 2.24) is 0 Å². The molecule has 9 heavy (non-hydrogen) atoms. The molecule has 0 fully saturated rings. The molecule has 0 aliphatic rings. The minimum absolute atomic E-state index is 0. The predicted molar refractivity (Wildman–Crippen MR) is 43.2 cm³/mol. The van der Waals surface area contributed by atoms with E-state index < -0.39 is 0 Å². The summed E-state index contributed by atoms with van der Waals surface area (Å²) in [6, 6.07) is -0.0231. The standard InChI is InChI=1S/C4H12N2O.2ClH/c5-3-4(6)1-2-7;;/h4,7H,1-3,5-6H2;2*1H/t4-;;/m1../s1. The molecule has 0 saturated carbocycles. The fourth-order valence-electron chi connectivity index (χ4n) is 0.284. The highest BCUT2D eigenvalue weighted by Crippen LogP contribution is 1.79. The Hall–Kier alpha value is 0.460. The topological polar surface area (TPSA) is 72.3 Å². The molecule has 5 heteroatoms. The van der Waals surface area contributed by atoms with Crippen molar-refractivity contribution >= 4 is 24.8 Å². The highest BCUT2D eigenvalue weighted by Gasteiger charge is 1.93. The van der Waals surface area contributed by atoms with E-state index in [1.54, 1.807) is 0 Å². The Balaban J connectivity index is -0.000000180. The van der Waals surface area contributed by atoms with Gasteiger partial charge >= 0.3 is 0 Å². The van der Waals surface area contributed by atoms with Crippen LogP contribution >= 0.6 is 24.8 Å². The van der Waals surface area contributed by atoms with Gasteiger partial charge in [0.05, 0.1) is 0 Å². The van der Waals surface area contributed by atoms with Gasteiger partial charge in [-0.05, 0) is 6.42 Å². The molecule has 5 N–H and O–H groups in total. The van der Waals surface area contributed by atoms with Gasteiger partial charge in [0, 0.05) is 19.2 Å². The third kappa shape index (κ3) is 11.8. The molecule has 0 saturated heterocycles. The molecule has 0 radical (unpaired) electrons. The molecular weight excluding hydrogens is 163 g/mol. The Morgan fingerprint density at radius 3 is 1.89 bits per heavy atom. The Bertz CT molecular complexity index is 47.5. The van der Waals surface area contributed by atoms with Crippen molar-refractivity contribution in [3.8, 4) is 0 Å². The fraction of sp³-hybridized carbons (Fsp3) is 1.00.